The molecule has 0 radical (unpaired) electrons. The second-order valence-corrected chi connectivity index (χ2v) is 8.42. The summed E-state index contributed by atoms with van der Waals surface area (Å²) in [4.78, 5) is 13.7. The van der Waals surface area contributed by atoms with E-state index in [4.69, 9.17) is 11.6 Å². The average molecular weight is 342 g/mol. The first-order valence-electron chi connectivity index (χ1n) is 7.21. The van der Waals surface area contributed by atoms with Gasteiger partial charge in [-0.2, -0.15) is 0 Å². The summed E-state index contributed by atoms with van der Waals surface area (Å²) < 4.78 is 25.1. The summed E-state index contributed by atoms with van der Waals surface area (Å²) in [7, 11) is -3.33. The number of carbonyl (C=O) groups excluding carboxylic acids is 1. The molecule has 1 heterocycles. The highest BCUT2D eigenvalue weighted by Crippen LogP contribution is 2.33. The van der Waals surface area contributed by atoms with Crippen molar-refractivity contribution in [3.8, 4) is 0 Å². The topological polar surface area (TPSA) is 54.5 Å². The van der Waals surface area contributed by atoms with Crippen LogP contribution in [0.1, 0.15) is 31.1 Å². The average Bonchev–Trinajstić information content (AvgIpc) is 2.57. The lowest BCUT2D eigenvalue weighted by Crippen LogP contribution is -2.32. The fourth-order valence-electron chi connectivity index (χ4n) is 2.59. The standard InChI is InChI=1S/C16H20ClNO3S/c1-12(2)11-16(19)18-8-7-15(22(20,21)10-9-18)13-5-3-4-6-14(13)17/h3-6,11,15H,7-10H2,1-2H3/t15-/m0/s1. The summed E-state index contributed by atoms with van der Waals surface area (Å²) in [6, 6.07) is 7.01. The van der Waals surface area contributed by atoms with Crippen molar-refractivity contribution >= 4 is 27.3 Å². The second kappa shape index (κ2) is 6.84. The second-order valence-electron chi connectivity index (χ2n) is 5.71. The quantitative estimate of drug-likeness (QED) is 0.777. The molecular formula is C16H20ClNO3S. The number of amides is 1. The van der Waals surface area contributed by atoms with Crippen molar-refractivity contribution < 1.29 is 13.2 Å². The number of allylic oxidation sites excluding steroid dienone is 1. The molecule has 1 amide bonds. The van der Waals surface area contributed by atoms with Crippen LogP contribution in [-0.2, 0) is 14.6 Å². The Morgan fingerprint density at radius 1 is 1.27 bits per heavy atom. The van der Waals surface area contributed by atoms with Gasteiger partial charge in [0.15, 0.2) is 9.84 Å². The first-order valence-corrected chi connectivity index (χ1v) is 9.30. The summed E-state index contributed by atoms with van der Waals surface area (Å²) >= 11 is 6.15. The Labute approximate surface area is 136 Å². The normalized spacial score (nSPS) is 21.0. The van der Waals surface area contributed by atoms with E-state index < -0.39 is 15.1 Å². The smallest absolute Gasteiger partial charge is 0.246 e. The SMILES string of the molecule is CC(C)=CC(=O)N1CC[C@@H](c2ccccc2Cl)S(=O)(=O)CC1. The summed E-state index contributed by atoms with van der Waals surface area (Å²) in [5.74, 6) is -0.166. The minimum absolute atomic E-state index is 0.0365. The highest BCUT2D eigenvalue weighted by atomic mass is 35.5. The highest BCUT2D eigenvalue weighted by Gasteiger charge is 2.33. The molecule has 0 saturated carbocycles. The first kappa shape index (κ1) is 17.0. The van der Waals surface area contributed by atoms with Gasteiger partial charge in [-0.1, -0.05) is 35.4 Å². The molecule has 22 heavy (non-hydrogen) atoms. The van der Waals surface area contributed by atoms with Gasteiger partial charge in [-0.25, -0.2) is 8.42 Å². The van der Waals surface area contributed by atoms with Crippen molar-refractivity contribution in [1.82, 2.24) is 4.90 Å². The zero-order chi connectivity index (χ0) is 16.3. The van der Waals surface area contributed by atoms with Crippen LogP contribution in [-0.4, -0.2) is 38.1 Å². The Kier molecular flexibility index (Phi) is 5.29. The third-order valence-electron chi connectivity index (χ3n) is 3.72. The maximum Gasteiger partial charge on any atom is 0.246 e. The number of halogens is 1. The van der Waals surface area contributed by atoms with E-state index in [0.29, 0.717) is 23.6 Å². The van der Waals surface area contributed by atoms with Gasteiger partial charge in [-0.05, 0) is 31.9 Å². The van der Waals surface area contributed by atoms with Crippen LogP contribution in [0.5, 0.6) is 0 Å². The zero-order valence-corrected chi connectivity index (χ0v) is 14.3. The molecule has 0 unspecified atom stereocenters. The van der Waals surface area contributed by atoms with Crippen molar-refractivity contribution in [3.05, 3.63) is 46.5 Å². The summed E-state index contributed by atoms with van der Waals surface area (Å²) in [6.45, 7) is 4.33. The number of hydrogen-bond donors (Lipinski definition) is 0. The van der Waals surface area contributed by atoms with Crippen molar-refractivity contribution in [2.75, 3.05) is 18.8 Å². The van der Waals surface area contributed by atoms with Crippen LogP contribution in [0.3, 0.4) is 0 Å². The molecule has 120 valence electrons. The predicted octanol–water partition coefficient (Wildman–Crippen LogP) is 2.99. The zero-order valence-electron chi connectivity index (χ0n) is 12.8. The predicted molar refractivity (Wildman–Crippen MR) is 88.6 cm³/mol. The number of hydrogen-bond acceptors (Lipinski definition) is 3. The van der Waals surface area contributed by atoms with Gasteiger partial charge in [0.05, 0.1) is 11.0 Å². The van der Waals surface area contributed by atoms with Crippen LogP contribution in [0.25, 0.3) is 0 Å². The lowest BCUT2D eigenvalue weighted by molar-refractivity contribution is -0.125. The van der Waals surface area contributed by atoms with Crippen molar-refractivity contribution in [1.29, 1.82) is 0 Å². The van der Waals surface area contributed by atoms with Gasteiger partial charge in [0.1, 0.15) is 0 Å². The summed E-state index contributed by atoms with van der Waals surface area (Å²) in [5, 5.41) is -0.189. The molecule has 1 aliphatic heterocycles. The van der Waals surface area contributed by atoms with E-state index >= 15 is 0 Å². The molecule has 0 spiro atoms. The molecule has 0 aromatic heterocycles. The minimum Gasteiger partial charge on any atom is -0.338 e. The molecule has 0 aliphatic carbocycles. The summed E-state index contributed by atoms with van der Waals surface area (Å²) in [5.41, 5.74) is 1.53. The van der Waals surface area contributed by atoms with Crippen LogP contribution in [0.4, 0.5) is 0 Å². The molecule has 1 aromatic carbocycles. The van der Waals surface area contributed by atoms with Crippen LogP contribution < -0.4 is 0 Å². The number of carbonyl (C=O) groups is 1. The lowest BCUT2D eigenvalue weighted by Gasteiger charge is -2.18. The van der Waals surface area contributed by atoms with Crippen LogP contribution in [0.2, 0.25) is 5.02 Å². The van der Waals surface area contributed by atoms with Crippen molar-refractivity contribution in [2.24, 2.45) is 0 Å². The highest BCUT2D eigenvalue weighted by molar-refractivity contribution is 7.91. The molecule has 0 N–H and O–H groups in total. The van der Waals surface area contributed by atoms with Gasteiger partial charge in [-0.15, -0.1) is 0 Å². The third-order valence-corrected chi connectivity index (χ3v) is 6.17. The van der Waals surface area contributed by atoms with Crippen molar-refractivity contribution in [3.63, 3.8) is 0 Å². The molecule has 1 fully saturated rings. The number of rotatable bonds is 2. The molecule has 1 saturated heterocycles. The first-order chi connectivity index (χ1) is 10.3. The largest absolute Gasteiger partial charge is 0.338 e. The molecule has 4 nitrogen and oxygen atoms in total. The molecule has 6 heteroatoms. The maximum atomic E-state index is 12.5. The van der Waals surface area contributed by atoms with Crippen LogP contribution in [0.15, 0.2) is 35.9 Å². The Bertz CT molecular complexity index is 693. The monoisotopic (exact) mass is 341 g/mol. The molecule has 2 rings (SSSR count). The number of nitrogens with zero attached hydrogens (tertiary/aromatic N) is 1. The van der Waals surface area contributed by atoms with Gasteiger partial charge in [0, 0.05) is 24.2 Å². The van der Waals surface area contributed by atoms with E-state index in [1.54, 1.807) is 35.2 Å². The van der Waals surface area contributed by atoms with E-state index in [-0.39, 0.29) is 18.2 Å². The van der Waals surface area contributed by atoms with Crippen molar-refractivity contribution in [2.45, 2.75) is 25.5 Å². The van der Waals surface area contributed by atoms with E-state index in [0.717, 1.165) is 5.57 Å². The summed E-state index contributed by atoms with van der Waals surface area (Å²) in [6.07, 6.45) is 1.91. The molecule has 0 bridgehead atoms. The Morgan fingerprint density at radius 2 is 1.95 bits per heavy atom. The van der Waals surface area contributed by atoms with E-state index in [1.165, 1.54) is 0 Å². The van der Waals surface area contributed by atoms with Crippen LogP contribution >= 0.6 is 11.6 Å². The maximum absolute atomic E-state index is 12.5. The third kappa shape index (κ3) is 3.90. The lowest BCUT2D eigenvalue weighted by atomic mass is 10.1. The molecule has 1 aliphatic rings. The van der Waals surface area contributed by atoms with Gasteiger partial charge in [-0.3, -0.25) is 4.79 Å². The van der Waals surface area contributed by atoms with Crippen LogP contribution in [0, 0.1) is 0 Å². The van der Waals surface area contributed by atoms with Gasteiger partial charge in [0.25, 0.3) is 0 Å². The number of benzene rings is 1. The minimum atomic E-state index is -3.33. The van der Waals surface area contributed by atoms with Gasteiger partial charge in [0.2, 0.25) is 5.91 Å². The Hall–Kier alpha value is -1.33. The van der Waals surface area contributed by atoms with Gasteiger partial charge >= 0.3 is 0 Å². The molecule has 1 aromatic rings. The fourth-order valence-corrected chi connectivity index (χ4v) is 4.74. The van der Waals surface area contributed by atoms with E-state index in [2.05, 4.69) is 0 Å². The Balaban J connectivity index is 2.27. The van der Waals surface area contributed by atoms with E-state index in [9.17, 15) is 13.2 Å². The molecule has 1 atom stereocenters. The van der Waals surface area contributed by atoms with E-state index in [1.807, 2.05) is 13.8 Å². The van der Waals surface area contributed by atoms with Gasteiger partial charge < -0.3 is 4.90 Å². The fraction of sp³-hybridized carbons (Fsp3) is 0.438. The molecular weight excluding hydrogens is 322 g/mol. The number of sulfone groups is 1. The Morgan fingerprint density at radius 3 is 2.59 bits per heavy atom.